The van der Waals surface area contributed by atoms with E-state index in [4.69, 9.17) is 14.6 Å². The van der Waals surface area contributed by atoms with Crippen LogP contribution >= 0.6 is 0 Å². The van der Waals surface area contributed by atoms with Crippen LogP contribution in [0.3, 0.4) is 0 Å². The summed E-state index contributed by atoms with van der Waals surface area (Å²) in [5, 5.41) is 16.8. The number of hydrogen-bond acceptors (Lipinski definition) is 6. The lowest BCUT2D eigenvalue weighted by Crippen LogP contribution is -2.46. The first kappa shape index (κ1) is 34.9. The van der Waals surface area contributed by atoms with E-state index in [2.05, 4.69) is 22.9 Å². The number of carboxylic acid groups (broad SMARTS) is 1. The molecule has 2 aromatic rings. The maximum absolute atomic E-state index is 13.6. The molecule has 2 fully saturated rings. The van der Waals surface area contributed by atoms with E-state index in [9.17, 15) is 35.9 Å². The number of carboxylic acids is 1. The summed E-state index contributed by atoms with van der Waals surface area (Å²) >= 11 is 0. The van der Waals surface area contributed by atoms with Gasteiger partial charge >= 0.3 is 18.3 Å². The molecule has 9 nitrogen and oxygen atoms in total. The number of anilines is 1. The van der Waals surface area contributed by atoms with E-state index in [-0.39, 0.29) is 22.7 Å². The lowest BCUT2D eigenvalue weighted by Gasteiger charge is -2.36. The molecule has 15 heteroatoms. The van der Waals surface area contributed by atoms with Crippen molar-refractivity contribution in [2.45, 2.75) is 76.4 Å². The van der Waals surface area contributed by atoms with Crippen molar-refractivity contribution >= 4 is 17.6 Å². The van der Waals surface area contributed by atoms with Crippen molar-refractivity contribution in [2.24, 2.45) is 0 Å². The van der Waals surface area contributed by atoms with Gasteiger partial charge in [-0.1, -0.05) is 12.1 Å². The van der Waals surface area contributed by atoms with Gasteiger partial charge in [-0.25, -0.2) is 4.79 Å². The first-order chi connectivity index (χ1) is 20.4. The molecular formula is C29H36F6N4O5. The van der Waals surface area contributed by atoms with Crippen LogP contribution in [0.5, 0.6) is 0 Å². The van der Waals surface area contributed by atoms with Gasteiger partial charge in [0.05, 0.1) is 22.9 Å². The number of aromatic nitrogens is 1. The Kier molecular flexibility index (Phi) is 11.1. The average molecular weight is 635 g/mol. The Morgan fingerprint density at radius 2 is 1.70 bits per heavy atom. The second-order valence-corrected chi connectivity index (χ2v) is 11.1. The highest BCUT2D eigenvalue weighted by Gasteiger charge is 2.38. The van der Waals surface area contributed by atoms with Crippen molar-refractivity contribution in [1.82, 2.24) is 15.2 Å². The summed E-state index contributed by atoms with van der Waals surface area (Å²) in [7, 11) is 0. The Balaban J connectivity index is 0.000000676. The third kappa shape index (κ3) is 8.97. The number of aliphatic carboxylic acids is 1. The first-order valence-corrected chi connectivity index (χ1v) is 14.0. The molecule has 0 aliphatic carbocycles. The molecule has 2 aliphatic rings. The minimum Gasteiger partial charge on any atom is -0.475 e. The first-order valence-electron chi connectivity index (χ1n) is 14.0. The van der Waals surface area contributed by atoms with Crippen molar-refractivity contribution in [1.29, 1.82) is 0 Å². The summed E-state index contributed by atoms with van der Waals surface area (Å²) in [6.07, 6.45) is -5.02. The summed E-state index contributed by atoms with van der Waals surface area (Å²) in [5.41, 5.74) is -0.0340. The zero-order valence-electron chi connectivity index (χ0n) is 24.5. The van der Waals surface area contributed by atoms with Crippen LogP contribution < -0.4 is 21.5 Å². The minimum atomic E-state index is -5.08. The van der Waals surface area contributed by atoms with E-state index in [1.165, 1.54) is 19.1 Å². The number of rotatable bonds is 6. The van der Waals surface area contributed by atoms with E-state index < -0.39 is 35.8 Å². The molecule has 1 amide bonds. The summed E-state index contributed by atoms with van der Waals surface area (Å²) in [4.78, 5) is 35.6. The second-order valence-electron chi connectivity index (χ2n) is 11.1. The number of nitrogens with zero attached hydrogens (tertiary/aromatic N) is 1. The zero-order valence-corrected chi connectivity index (χ0v) is 24.5. The predicted molar refractivity (Wildman–Crippen MR) is 150 cm³/mol. The van der Waals surface area contributed by atoms with Crippen molar-refractivity contribution in [3.05, 3.63) is 63.1 Å². The van der Waals surface area contributed by atoms with E-state index in [0.717, 1.165) is 32.0 Å². The number of amides is 1. The van der Waals surface area contributed by atoms with Gasteiger partial charge < -0.3 is 30.4 Å². The summed E-state index contributed by atoms with van der Waals surface area (Å²) in [6.45, 7) is 7.85. The molecule has 0 radical (unpaired) electrons. The van der Waals surface area contributed by atoms with Crippen LogP contribution in [0.1, 0.15) is 78.7 Å². The quantitative estimate of drug-likeness (QED) is 0.322. The highest BCUT2D eigenvalue weighted by molar-refractivity contribution is 5.99. The summed E-state index contributed by atoms with van der Waals surface area (Å²) < 4.78 is 79.1. The number of pyridine rings is 1. The van der Waals surface area contributed by atoms with E-state index >= 15 is 0 Å². The monoisotopic (exact) mass is 634 g/mol. The second kappa shape index (κ2) is 14.0. The Labute approximate surface area is 250 Å². The number of ether oxygens (including phenoxy) is 1. The van der Waals surface area contributed by atoms with Crippen LogP contribution in [-0.4, -0.2) is 59.6 Å². The Morgan fingerprint density at radius 3 is 2.25 bits per heavy atom. The van der Waals surface area contributed by atoms with Gasteiger partial charge in [0.15, 0.2) is 0 Å². The lowest BCUT2D eigenvalue weighted by atomic mass is 9.90. The molecule has 2 aliphatic heterocycles. The predicted octanol–water partition coefficient (Wildman–Crippen LogP) is 5.21. The largest absolute Gasteiger partial charge is 0.490 e. The molecule has 44 heavy (non-hydrogen) atoms. The fourth-order valence-electron chi connectivity index (χ4n) is 5.29. The molecule has 0 bridgehead atoms. The van der Waals surface area contributed by atoms with Crippen molar-refractivity contribution < 1.29 is 45.8 Å². The van der Waals surface area contributed by atoms with Crippen LogP contribution in [0, 0.1) is 6.92 Å². The third-order valence-electron chi connectivity index (χ3n) is 7.79. The summed E-state index contributed by atoms with van der Waals surface area (Å²) in [6, 6.07) is 4.69. The summed E-state index contributed by atoms with van der Waals surface area (Å²) in [5.74, 6) is -3.21. The van der Waals surface area contributed by atoms with Gasteiger partial charge in [-0.2, -0.15) is 26.3 Å². The highest BCUT2D eigenvalue weighted by atomic mass is 19.4. The molecule has 0 saturated carbocycles. The van der Waals surface area contributed by atoms with Crippen LogP contribution in [0.25, 0.3) is 0 Å². The Bertz CT molecular complexity index is 1380. The van der Waals surface area contributed by atoms with Crippen LogP contribution in [0.4, 0.5) is 32.0 Å². The molecule has 3 heterocycles. The average Bonchev–Trinajstić information content (AvgIpc) is 2.93. The molecule has 0 spiro atoms. The number of carbonyl (C=O) groups excluding carboxylic acids is 1. The van der Waals surface area contributed by atoms with E-state index in [1.807, 2.05) is 0 Å². The van der Waals surface area contributed by atoms with E-state index in [1.54, 1.807) is 23.8 Å². The molecule has 244 valence electrons. The molecular weight excluding hydrogens is 598 g/mol. The standard InChI is InChI=1S/C27H35F3N4O3.C2HF3O2/c1-17-20(5-4-6-22(17)27(28,29)30)18(2)32-25(36)21-16-34(19-7-13-37-14-8-19)24(35)15-23(21)33-26(3)9-11-31-12-10-26;3-2(4,5)1(6)7/h4-6,15-16,18-19,31,33H,7-14H2,1-3H3,(H,32,36);(H,6,7). The Hall–Kier alpha value is -3.59. The number of nitrogens with one attached hydrogen (secondary N) is 3. The van der Waals surface area contributed by atoms with Gasteiger partial charge in [0.1, 0.15) is 0 Å². The number of halogens is 6. The maximum Gasteiger partial charge on any atom is 0.490 e. The molecule has 1 aromatic carbocycles. The van der Waals surface area contributed by atoms with Gasteiger partial charge in [-0.05, 0) is 76.7 Å². The van der Waals surface area contributed by atoms with Crippen LogP contribution in [0.2, 0.25) is 0 Å². The van der Waals surface area contributed by atoms with Crippen molar-refractivity contribution in [2.75, 3.05) is 31.6 Å². The van der Waals surface area contributed by atoms with Crippen LogP contribution in [-0.2, 0) is 15.7 Å². The third-order valence-corrected chi connectivity index (χ3v) is 7.79. The Morgan fingerprint density at radius 1 is 1.11 bits per heavy atom. The van der Waals surface area contributed by atoms with Gasteiger partial charge in [-0.15, -0.1) is 0 Å². The fraction of sp³-hybridized carbons (Fsp3) is 0.552. The van der Waals surface area contributed by atoms with Gasteiger partial charge in [0, 0.05) is 37.1 Å². The zero-order chi connectivity index (χ0) is 32.9. The topological polar surface area (TPSA) is 122 Å². The maximum atomic E-state index is 13.6. The van der Waals surface area contributed by atoms with Crippen molar-refractivity contribution in [3.63, 3.8) is 0 Å². The highest BCUT2D eigenvalue weighted by Crippen LogP contribution is 2.35. The number of carbonyl (C=O) groups is 2. The fourth-order valence-corrected chi connectivity index (χ4v) is 5.29. The number of piperidine rings is 1. The molecule has 1 unspecified atom stereocenters. The number of alkyl halides is 6. The number of hydrogen-bond donors (Lipinski definition) is 4. The van der Waals surface area contributed by atoms with Gasteiger partial charge in [0.25, 0.3) is 11.5 Å². The molecule has 2 saturated heterocycles. The SMILES string of the molecule is Cc1c(C(C)NC(=O)c2cn(C3CCOCC3)c(=O)cc2NC2(C)CCNCC2)cccc1C(F)(F)F.O=C(O)C(F)(F)F. The van der Waals surface area contributed by atoms with Crippen molar-refractivity contribution in [3.8, 4) is 0 Å². The number of benzene rings is 1. The normalized spacial score (nSPS) is 18.0. The van der Waals surface area contributed by atoms with E-state index in [0.29, 0.717) is 42.9 Å². The molecule has 1 atom stereocenters. The smallest absolute Gasteiger partial charge is 0.475 e. The minimum absolute atomic E-state index is 0.0792. The molecule has 4 rings (SSSR count). The molecule has 1 aromatic heterocycles. The van der Waals surface area contributed by atoms with Crippen LogP contribution in [0.15, 0.2) is 35.3 Å². The van der Waals surface area contributed by atoms with Gasteiger partial charge in [0.2, 0.25) is 0 Å². The lowest BCUT2D eigenvalue weighted by molar-refractivity contribution is -0.192. The van der Waals surface area contributed by atoms with Gasteiger partial charge in [-0.3, -0.25) is 9.59 Å². The molecule has 4 N–H and O–H groups in total.